The van der Waals surface area contributed by atoms with Gasteiger partial charge >= 0.3 is 6.03 Å². The van der Waals surface area contributed by atoms with E-state index in [0.717, 1.165) is 62.8 Å². The zero-order valence-corrected chi connectivity index (χ0v) is 18.5. The number of anilines is 1. The second-order valence-corrected chi connectivity index (χ2v) is 8.20. The molecule has 1 saturated heterocycles. The number of carbonyl (C=O) groups is 2. The summed E-state index contributed by atoms with van der Waals surface area (Å²) >= 11 is 0.790. The molecule has 4 N–H and O–H groups in total. The molecule has 1 aliphatic rings. The first-order valence-electron chi connectivity index (χ1n) is 10.2. The fraction of sp³-hybridized carbons (Fsp3) is 0.450. The van der Waals surface area contributed by atoms with Gasteiger partial charge in [0.25, 0.3) is 5.91 Å². The predicted molar refractivity (Wildman–Crippen MR) is 117 cm³/mol. The quantitative estimate of drug-likeness (QED) is 0.484. The number of piperazine rings is 1. The van der Waals surface area contributed by atoms with Crippen molar-refractivity contribution in [3.8, 4) is 5.88 Å². The summed E-state index contributed by atoms with van der Waals surface area (Å²) < 4.78 is 36.8. The van der Waals surface area contributed by atoms with Crippen molar-refractivity contribution in [2.75, 3.05) is 51.6 Å². The van der Waals surface area contributed by atoms with Gasteiger partial charge in [-0.2, -0.15) is 4.37 Å². The summed E-state index contributed by atoms with van der Waals surface area (Å²) in [6, 6.07) is 2.91. The first-order chi connectivity index (χ1) is 15.3. The van der Waals surface area contributed by atoms with Crippen molar-refractivity contribution in [2.45, 2.75) is 13.0 Å². The minimum absolute atomic E-state index is 0.0954. The Morgan fingerprint density at radius 2 is 1.91 bits per heavy atom. The lowest BCUT2D eigenvalue weighted by Gasteiger charge is -2.32. The highest BCUT2D eigenvalue weighted by Gasteiger charge is 2.23. The molecule has 0 saturated carbocycles. The highest BCUT2D eigenvalue weighted by Crippen LogP contribution is 2.31. The first-order valence-corrected chi connectivity index (χ1v) is 10.9. The molecule has 2 aromatic rings. The van der Waals surface area contributed by atoms with Crippen LogP contribution in [-0.4, -0.2) is 72.4 Å². The molecule has 1 aromatic carbocycles. The molecule has 1 aliphatic heterocycles. The number of carbonyl (C=O) groups excluding carboxylic acids is 2. The molecule has 0 spiro atoms. The summed E-state index contributed by atoms with van der Waals surface area (Å²) in [5.41, 5.74) is 4.94. The van der Waals surface area contributed by atoms with Crippen LogP contribution in [-0.2, 0) is 6.61 Å². The van der Waals surface area contributed by atoms with Crippen LogP contribution in [0.25, 0.3) is 0 Å². The Kier molecular flexibility index (Phi) is 8.31. The maximum atomic E-state index is 13.8. The second-order valence-electron chi connectivity index (χ2n) is 7.42. The van der Waals surface area contributed by atoms with Gasteiger partial charge in [0.2, 0.25) is 5.88 Å². The van der Waals surface area contributed by atoms with E-state index in [0.29, 0.717) is 6.54 Å². The number of halogens is 2. The Labute approximate surface area is 188 Å². The molecule has 3 rings (SSSR count). The summed E-state index contributed by atoms with van der Waals surface area (Å²) in [6.07, 6.45) is 0.783. The van der Waals surface area contributed by atoms with Crippen molar-refractivity contribution in [2.24, 2.45) is 5.73 Å². The van der Waals surface area contributed by atoms with Gasteiger partial charge in [0.15, 0.2) is 0 Å². The average molecular weight is 469 g/mol. The minimum atomic E-state index is -0.881. The van der Waals surface area contributed by atoms with E-state index in [1.807, 2.05) is 0 Å². The molecule has 32 heavy (non-hydrogen) atoms. The number of ether oxygens (including phenoxy) is 1. The molecule has 0 radical (unpaired) electrons. The van der Waals surface area contributed by atoms with Gasteiger partial charge < -0.3 is 25.6 Å². The van der Waals surface area contributed by atoms with Gasteiger partial charge in [-0.05, 0) is 43.7 Å². The number of amides is 3. The molecular formula is C20H26F2N6O3S. The lowest BCUT2D eigenvalue weighted by Crippen LogP contribution is -2.45. The Bertz CT molecular complexity index is 929. The lowest BCUT2D eigenvalue weighted by molar-refractivity contribution is 0.0996. The fourth-order valence-electron chi connectivity index (χ4n) is 3.21. The van der Waals surface area contributed by atoms with Gasteiger partial charge in [-0.1, -0.05) is 6.07 Å². The van der Waals surface area contributed by atoms with Gasteiger partial charge in [0.1, 0.15) is 28.8 Å². The van der Waals surface area contributed by atoms with Gasteiger partial charge in [0, 0.05) is 32.7 Å². The standard InChI is InChI=1S/C20H26F2N6O3S/c1-27-8-10-28(11-9-27)7-3-6-24-20(30)25-19-16(17(23)29)18(26-32-19)31-12-13-14(21)4-2-5-15(13)22/h2,4-5H,3,6-12H2,1H3,(H2,23,29)(H2,24,25,30). The number of urea groups is 1. The highest BCUT2D eigenvalue weighted by molar-refractivity contribution is 7.11. The molecule has 0 unspecified atom stereocenters. The molecule has 0 bridgehead atoms. The summed E-state index contributed by atoms with van der Waals surface area (Å²) in [5.74, 6) is -2.64. The molecule has 0 atom stereocenters. The van der Waals surface area contributed by atoms with Crippen LogP contribution in [0.3, 0.4) is 0 Å². The maximum Gasteiger partial charge on any atom is 0.319 e. The van der Waals surface area contributed by atoms with Crippen molar-refractivity contribution >= 4 is 28.5 Å². The third kappa shape index (κ3) is 6.34. The number of nitrogens with one attached hydrogen (secondary N) is 2. The SMILES string of the molecule is CN1CCN(CCCNC(=O)Nc2snc(OCc3c(F)cccc3F)c2C(N)=O)CC1. The number of benzene rings is 1. The smallest absolute Gasteiger partial charge is 0.319 e. The van der Waals surface area contributed by atoms with E-state index in [9.17, 15) is 18.4 Å². The van der Waals surface area contributed by atoms with Crippen molar-refractivity contribution < 1.29 is 23.1 Å². The number of hydrogen-bond donors (Lipinski definition) is 3. The zero-order valence-electron chi connectivity index (χ0n) is 17.7. The molecule has 0 aliphatic carbocycles. The van der Waals surface area contributed by atoms with E-state index in [2.05, 4.69) is 31.9 Å². The van der Waals surface area contributed by atoms with Gasteiger partial charge in [-0.25, -0.2) is 13.6 Å². The van der Waals surface area contributed by atoms with Crippen LogP contribution in [0.1, 0.15) is 22.3 Å². The van der Waals surface area contributed by atoms with Crippen molar-refractivity contribution in [1.82, 2.24) is 19.5 Å². The van der Waals surface area contributed by atoms with Gasteiger partial charge in [0.05, 0.1) is 5.56 Å². The molecule has 174 valence electrons. The number of nitrogens with zero attached hydrogens (tertiary/aromatic N) is 3. The Hall–Kier alpha value is -2.83. The summed E-state index contributed by atoms with van der Waals surface area (Å²) in [4.78, 5) is 28.7. The van der Waals surface area contributed by atoms with Crippen molar-refractivity contribution in [3.05, 3.63) is 41.0 Å². The fourth-order valence-corrected chi connectivity index (χ4v) is 3.95. The van der Waals surface area contributed by atoms with Gasteiger partial charge in [-0.15, -0.1) is 0 Å². The van der Waals surface area contributed by atoms with Crippen LogP contribution in [0.4, 0.5) is 18.6 Å². The largest absolute Gasteiger partial charge is 0.471 e. The predicted octanol–water partition coefficient (Wildman–Crippen LogP) is 1.86. The molecule has 2 heterocycles. The number of nitrogens with two attached hydrogens (primary N) is 1. The lowest BCUT2D eigenvalue weighted by atomic mass is 10.2. The minimum Gasteiger partial charge on any atom is -0.471 e. The highest BCUT2D eigenvalue weighted by atomic mass is 32.1. The Morgan fingerprint density at radius 3 is 2.56 bits per heavy atom. The molecule has 1 aromatic heterocycles. The van der Waals surface area contributed by atoms with Crippen LogP contribution in [0.5, 0.6) is 5.88 Å². The summed E-state index contributed by atoms with van der Waals surface area (Å²) in [6.45, 7) is 4.92. The number of likely N-dealkylation sites (N-methyl/N-ethyl adjacent to an activating group) is 1. The van der Waals surface area contributed by atoms with Crippen LogP contribution >= 0.6 is 11.5 Å². The van der Waals surface area contributed by atoms with Crippen LogP contribution in [0.15, 0.2) is 18.2 Å². The van der Waals surface area contributed by atoms with E-state index in [-0.39, 0.29) is 22.0 Å². The Morgan fingerprint density at radius 1 is 1.22 bits per heavy atom. The summed E-state index contributed by atoms with van der Waals surface area (Å²) in [5, 5.41) is 5.36. The monoisotopic (exact) mass is 468 g/mol. The van der Waals surface area contributed by atoms with Crippen LogP contribution < -0.4 is 21.1 Å². The number of hydrogen-bond acceptors (Lipinski definition) is 7. The molecule has 1 fully saturated rings. The molecule has 3 amide bonds. The van der Waals surface area contributed by atoms with E-state index < -0.39 is 30.2 Å². The maximum absolute atomic E-state index is 13.8. The zero-order chi connectivity index (χ0) is 23.1. The van der Waals surface area contributed by atoms with Crippen LogP contribution in [0.2, 0.25) is 0 Å². The third-order valence-corrected chi connectivity index (χ3v) is 5.83. The third-order valence-electron chi connectivity index (χ3n) is 5.08. The van der Waals surface area contributed by atoms with E-state index >= 15 is 0 Å². The number of primary amides is 1. The van der Waals surface area contributed by atoms with Crippen molar-refractivity contribution in [3.63, 3.8) is 0 Å². The Balaban J connectivity index is 1.51. The molecular weight excluding hydrogens is 442 g/mol. The first kappa shape index (κ1) is 23.8. The van der Waals surface area contributed by atoms with E-state index in [1.54, 1.807) is 0 Å². The average Bonchev–Trinajstić information content (AvgIpc) is 3.14. The topological polar surface area (TPSA) is 113 Å². The van der Waals surface area contributed by atoms with E-state index in [4.69, 9.17) is 10.5 Å². The molecule has 9 nitrogen and oxygen atoms in total. The second kappa shape index (κ2) is 11.2. The number of rotatable bonds is 9. The number of aromatic nitrogens is 1. The van der Waals surface area contributed by atoms with E-state index in [1.165, 1.54) is 6.07 Å². The summed E-state index contributed by atoms with van der Waals surface area (Å²) in [7, 11) is 2.09. The van der Waals surface area contributed by atoms with Gasteiger partial charge in [-0.3, -0.25) is 10.1 Å². The van der Waals surface area contributed by atoms with Crippen molar-refractivity contribution in [1.29, 1.82) is 0 Å². The van der Waals surface area contributed by atoms with Crippen LogP contribution in [0, 0.1) is 11.6 Å². The molecule has 12 heteroatoms. The normalized spacial score (nSPS) is 14.8.